The molecular weight excluding hydrogens is 300 g/mol. The number of carbonyl (C=O) groups excluding carboxylic acids is 1. The summed E-state index contributed by atoms with van der Waals surface area (Å²) in [7, 11) is 0. The lowest BCUT2D eigenvalue weighted by molar-refractivity contribution is 0.0921. The Balaban J connectivity index is 2.00. The van der Waals surface area contributed by atoms with Crippen molar-refractivity contribution in [1.82, 2.24) is 5.32 Å². The van der Waals surface area contributed by atoms with Crippen LogP contribution in [0.2, 0.25) is 5.02 Å². The molecule has 0 aliphatic heterocycles. The van der Waals surface area contributed by atoms with E-state index in [-0.39, 0.29) is 16.3 Å². The van der Waals surface area contributed by atoms with Gasteiger partial charge in [-0.1, -0.05) is 30.9 Å². The van der Waals surface area contributed by atoms with Crippen LogP contribution < -0.4 is 5.32 Å². The van der Waals surface area contributed by atoms with Crippen LogP contribution in [0.15, 0.2) is 18.2 Å². The van der Waals surface area contributed by atoms with Crippen molar-refractivity contribution in [1.29, 1.82) is 0 Å². The summed E-state index contributed by atoms with van der Waals surface area (Å²) in [4.78, 5) is 12.1. The van der Waals surface area contributed by atoms with Gasteiger partial charge in [-0.25, -0.2) is 4.39 Å². The Hall–Kier alpha value is -0.800. The summed E-state index contributed by atoms with van der Waals surface area (Å²) >= 11 is 12.0. The molecule has 1 aromatic carbocycles. The SMILES string of the molecule is O=C(NCC1(CCl)CCCCC1)c1ccc(F)cc1Cl. The van der Waals surface area contributed by atoms with Crippen molar-refractivity contribution in [3.05, 3.63) is 34.6 Å². The van der Waals surface area contributed by atoms with Gasteiger partial charge in [0.15, 0.2) is 0 Å². The normalized spacial score (nSPS) is 17.8. The predicted octanol–water partition coefficient (Wildman–Crippen LogP) is 4.40. The average Bonchev–Trinajstić information content (AvgIpc) is 2.46. The van der Waals surface area contributed by atoms with E-state index >= 15 is 0 Å². The molecule has 0 spiro atoms. The number of hydrogen-bond acceptors (Lipinski definition) is 1. The number of hydrogen-bond donors (Lipinski definition) is 1. The molecule has 0 radical (unpaired) electrons. The highest BCUT2D eigenvalue weighted by atomic mass is 35.5. The maximum Gasteiger partial charge on any atom is 0.252 e. The van der Waals surface area contributed by atoms with E-state index in [9.17, 15) is 9.18 Å². The van der Waals surface area contributed by atoms with Crippen molar-refractivity contribution in [2.24, 2.45) is 5.41 Å². The summed E-state index contributed by atoms with van der Waals surface area (Å²) in [6.45, 7) is 0.545. The van der Waals surface area contributed by atoms with Crippen molar-refractivity contribution >= 4 is 29.1 Å². The van der Waals surface area contributed by atoms with Crippen molar-refractivity contribution in [3.8, 4) is 0 Å². The van der Waals surface area contributed by atoms with E-state index in [0.29, 0.717) is 18.0 Å². The van der Waals surface area contributed by atoms with E-state index < -0.39 is 5.82 Å². The highest BCUT2D eigenvalue weighted by molar-refractivity contribution is 6.33. The van der Waals surface area contributed by atoms with Gasteiger partial charge in [0.25, 0.3) is 5.91 Å². The molecule has 1 saturated carbocycles. The molecule has 0 atom stereocenters. The third-order valence-corrected chi connectivity index (χ3v) is 4.88. The van der Waals surface area contributed by atoms with Gasteiger partial charge in [-0.05, 0) is 31.0 Å². The average molecular weight is 318 g/mol. The number of amides is 1. The van der Waals surface area contributed by atoms with Crippen molar-refractivity contribution in [2.75, 3.05) is 12.4 Å². The number of alkyl halides is 1. The van der Waals surface area contributed by atoms with E-state index in [1.165, 1.54) is 18.6 Å². The lowest BCUT2D eigenvalue weighted by Crippen LogP contribution is -2.40. The first kappa shape index (κ1) is 15.6. The second-order valence-electron chi connectivity index (χ2n) is 5.50. The first-order valence-electron chi connectivity index (χ1n) is 6.86. The summed E-state index contributed by atoms with van der Waals surface area (Å²) in [6.07, 6.45) is 5.61. The maximum absolute atomic E-state index is 13.0. The van der Waals surface area contributed by atoms with Gasteiger partial charge in [0.05, 0.1) is 10.6 Å². The number of rotatable bonds is 4. The maximum atomic E-state index is 13.0. The lowest BCUT2D eigenvalue weighted by atomic mass is 9.75. The van der Waals surface area contributed by atoms with E-state index in [1.807, 2.05) is 0 Å². The Morgan fingerprint density at radius 2 is 2.00 bits per heavy atom. The Morgan fingerprint density at radius 1 is 1.30 bits per heavy atom. The van der Waals surface area contributed by atoms with Gasteiger partial charge in [-0.2, -0.15) is 0 Å². The Labute approximate surface area is 128 Å². The fraction of sp³-hybridized carbons (Fsp3) is 0.533. The molecule has 5 heteroatoms. The molecule has 1 aliphatic carbocycles. The van der Waals surface area contributed by atoms with Crippen LogP contribution in [-0.2, 0) is 0 Å². The van der Waals surface area contributed by atoms with Crippen LogP contribution in [0.3, 0.4) is 0 Å². The minimum atomic E-state index is -0.448. The predicted molar refractivity (Wildman–Crippen MR) is 80.0 cm³/mol. The molecule has 2 nitrogen and oxygen atoms in total. The van der Waals surface area contributed by atoms with Crippen LogP contribution in [0.1, 0.15) is 42.5 Å². The number of nitrogens with one attached hydrogen (secondary N) is 1. The van der Waals surface area contributed by atoms with Gasteiger partial charge in [0.2, 0.25) is 0 Å². The highest BCUT2D eigenvalue weighted by Gasteiger charge is 2.31. The van der Waals surface area contributed by atoms with Crippen molar-refractivity contribution < 1.29 is 9.18 Å². The molecule has 1 aromatic rings. The molecule has 0 heterocycles. The molecule has 0 bridgehead atoms. The van der Waals surface area contributed by atoms with E-state index in [2.05, 4.69) is 5.32 Å². The molecule has 110 valence electrons. The van der Waals surface area contributed by atoms with Gasteiger partial charge in [0, 0.05) is 17.8 Å². The standard InChI is InChI=1S/C15H18Cl2FNO/c16-9-15(6-2-1-3-7-15)10-19-14(20)12-5-4-11(18)8-13(12)17/h4-5,8H,1-3,6-7,9-10H2,(H,19,20). The third-order valence-electron chi connectivity index (χ3n) is 4.00. The minimum absolute atomic E-state index is 0.0119. The first-order valence-corrected chi connectivity index (χ1v) is 7.77. The van der Waals surface area contributed by atoms with Crippen LogP contribution >= 0.6 is 23.2 Å². The van der Waals surface area contributed by atoms with Gasteiger partial charge in [-0.3, -0.25) is 4.79 Å². The third kappa shape index (κ3) is 3.64. The summed E-state index contributed by atoms with van der Waals surface area (Å²) in [6, 6.07) is 3.79. The van der Waals surface area contributed by atoms with E-state index in [0.717, 1.165) is 31.7 Å². The van der Waals surface area contributed by atoms with Crippen molar-refractivity contribution in [3.63, 3.8) is 0 Å². The molecule has 0 saturated heterocycles. The van der Waals surface area contributed by atoms with Crippen LogP contribution in [-0.4, -0.2) is 18.3 Å². The molecule has 1 fully saturated rings. The van der Waals surface area contributed by atoms with Crippen LogP contribution in [0.4, 0.5) is 4.39 Å². The highest BCUT2D eigenvalue weighted by Crippen LogP contribution is 2.36. The monoisotopic (exact) mass is 317 g/mol. The fourth-order valence-corrected chi connectivity index (χ4v) is 3.31. The molecule has 0 aromatic heterocycles. The number of halogens is 3. The van der Waals surface area contributed by atoms with Gasteiger partial charge in [-0.15, -0.1) is 11.6 Å². The van der Waals surface area contributed by atoms with Crippen LogP contribution in [0, 0.1) is 11.2 Å². The molecule has 20 heavy (non-hydrogen) atoms. The molecule has 0 unspecified atom stereocenters. The quantitative estimate of drug-likeness (QED) is 0.819. The zero-order chi connectivity index (χ0) is 14.6. The molecule has 1 amide bonds. The summed E-state index contributed by atoms with van der Waals surface area (Å²) < 4.78 is 13.0. The van der Waals surface area contributed by atoms with Gasteiger partial charge < -0.3 is 5.32 Å². The number of benzene rings is 1. The number of carbonyl (C=O) groups is 1. The molecular formula is C15H18Cl2FNO. The fourth-order valence-electron chi connectivity index (χ4n) is 2.70. The topological polar surface area (TPSA) is 29.1 Å². The molecule has 1 aliphatic rings. The second-order valence-corrected chi connectivity index (χ2v) is 6.18. The Kier molecular flexibility index (Phi) is 5.28. The summed E-state index contributed by atoms with van der Waals surface area (Å²) in [5, 5.41) is 3.02. The second kappa shape index (κ2) is 6.77. The van der Waals surface area contributed by atoms with Crippen LogP contribution in [0.5, 0.6) is 0 Å². The van der Waals surface area contributed by atoms with E-state index in [1.54, 1.807) is 0 Å². The zero-order valence-electron chi connectivity index (χ0n) is 11.2. The van der Waals surface area contributed by atoms with Crippen molar-refractivity contribution in [2.45, 2.75) is 32.1 Å². The summed E-state index contributed by atoms with van der Waals surface area (Å²) in [5.41, 5.74) is 0.288. The zero-order valence-corrected chi connectivity index (χ0v) is 12.7. The largest absolute Gasteiger partial charge is 0.351 e. The molecule has 1 N–H and O–H groups in total. The van der Waals surface area contributed by atoms with Crippen LogP contribution in [0.25, 0.3) is 0 Å². The lowest BCUT2D eigenvalue weighted by Gasteiger charge is -2.35. The molecule has 2 rings (SSSR count). The Morgan fingerprint density at radius 3 is 2.60 bits per heavy atom. The van der Waals surface area contributed by atoms with E-state index in [4.69, 9.17) is 23.2 Å². The minimum Gasteiger partial charge on any atom is -0.351 e. The first-order chi connectivity index (χ1) is 9.56. The van der Waals surface area contributed by atoms with Gasteiger partial charge >= 0.3 is 0 Å². The summed E-state index contributed by atoms with van der Waals surface area (Å²) in [5.74, 6) is -0.175. The van der Waals surface area contributed by atoms with Gasteiger partial charge in [0.1, 0.15) is 5.82 Å². The smallest absolute Gasteiger partial charge is 0.252 e. The Bertz CT molecular complexity index is 487.